The molecule has 8 nitrogen and oxygen atoms in total. The molecule has 0 bridgehead atoms. The van der Waals surface area contributed by atoms with Crippen LogP contribution in [0.2, 0.25) is 0 Å². The van der Waals surface area contributed by atoms with Gasteiger partial charge in [0.15, 0.2) is 5.65 Å². The van der Waals surface area contributed by atoms with Gasteiger partial charge < -0.3 is 9.80 Å². The molecule has 2 aliphatic heterocycles. The fourth-order valence-corrected chi connectivity index (χ4v) is 5.14. The molecule has 3 aliphatic rings. The maximum atomic E-state index is 13.2. The quantitative estimate of drug-likeness (QED) is 0.813. The summed E-state index contributed by atoms with van der Waals surface area (Å²) in [4.78, 5) is 46.7. The van der Waals surface area contributed by atoms with Crippen LogP contribution in [0.3, 0.4) is 0 Å². The van der Waals surface area contributed by atoms with Crippen molar-refractivity contribution in [2.45, 2.75) is 70.8 Å². The van der Waals surface area contributed by atoms with E-state index in [0.29, 0.717) is 49.6 Å². The number of aromatic nitrogens is 3. The molecule has 1 saturated carbocycles. The number of H-pyrrole nitrogens is 1. The van der Waals surface area contributed by atoms with Crippen molar-refractivity contribution < 1.29 is 9.59 Å². The van der Waals surface area contributed by atoms with Crippen LogP contribution >= 0.6 is 0 Å². The molecule has 0 aromatic carbocycles. The molecule has 0 radical (unpaired) electrons. The van der Waals surface area contributed by atoms with Crippen molar-refractivity contribution in [2.24, 2.45) is 5.92 Å². The number of piperidine rings is 1. The third kappa shape index (κ3) is 3.66. The molecule has 1 N–H and O–H groups in total. The number of nitrogens with one attached hydrogen (secondary N) is 1. The van der Waals surface area contributed by atoms with Crippen LogP contribution in [0.15, 0.2) is 10.9 Å². The molecule has 2 aromatic heterocycles. The van der Waals surface area contributed by atoms with Crippen LogP contribution in [0.4, 0.5) is 0 Å². The highest BCUT2D eigenvalue weighted by Gasteiger charge is 2.33. The Balaban J connectivity index is 1.39. The van der Waals surface area contributed by atoms with Crippen molar-refractivity contribution in [3.05, 3.63) is 33.4 Å². The molecule has 2 aromatic rings. The normalized spacial score (nSPS) is 21.8. The third-order valence-electron chi connectivity index (χ3n) is 7.23. The largest absolute Gasteiger partial charge is 0.342 e. The Hall–Kier alpha value is -2.64. The summed E-state index contributed by atoms with van der Waals surface area (Å²) in [5.41, 5.74) is 2.92. The lowest BCUT2D eigenvalue weighted by molar-refractivity contribution is -0.139. The highest BCUT2D eigenvalue weighted by Crippen LogP contribution is 2.32. The van der Waals surface area contributed by atoms with E-state index in [9.17, 15) is 14.4 Å². The lowest BCUT2D eigenvalue weighted by atomic mass is 9.83. The highest BCUT2D eigenvalue weighted by atomic mass is 16.2. The van der Waals surface area contributed by atoms with E-state index in [2.05, 4.69) is 5.10 Å². The summed E-state index contributed by atoms with van der Waals surface area (Å²) in [6, 6.07) is 1.97. The maximum Gasteiger partial charge on any atom is 0.277 e. The Labute approximate surface area is 181 Å². The highest BCUT2D eigenvalue weighted by molar-refractivity contribution is 5.79. The van der Waals surface area contributed by atoms with Crippen LogP contribution in [0.1, 0.15) is 74.7 Å². The van der Waals surface area contributed by atoms with Gasteiger partial charge in [-0.1, -0.05) is 13.3 Å². The molecule has 1 unspecified atom stereocenters. The number of likely N-dealkylation sites (tertiary alicyclic amines) is 1. The molecule has 5 rings (SSSR count). The van der Waals surface area contributed by atoms with Gasteiger partial charge in [0.05, 0.1) is 17.8 Å². The number of aromatic amines is 1. The van der Waals surface area contributed by atoms with Gasteiger partial charge in [-0.05, 0) is 32.1 Å². The summed E-state index contributed by atoms with van der Waals surface area (Å²) in [7, 11) is 0. The fraction of sp³-hybridized carbons (Fsp3) is 0.652. The van der Waals surface area contributed by atoms with E-state index in [1.165, 1.54) is 4.52 Å². The van der Waals surface area contributed by atoms with Crippen LogP contribution in [-0.4, -0.2) is 55.8 Å². The molecular weight excluding hydrogens is 394 g/mol. The van der Waals surface area contributed by atoms with Crippen LogP contribution in [0.5, 0.6) is 0 Å². The predicted octanol–water partition coefficient (Wildman–Crippen LogP) is 2.21. The van der Waals surface area contributed by atoms with Gasteiger partial charge in [-0.15, -0.1) is 0 Å². The number of carbonyl (C=O) groups excluding carboxylic acids is 2. The first kappa shape index (κ1) is 20.3. The van der Waals surface area contributed by atoms with Crippen molar-refractivity contribution in [1.29, 1.82) is 0 Å². The van der Waals surface area contributed by atoms with Crippen LogP contribution in [0.25, 0.3) is 5.65 Å². The zero-order valence-electron chi connectivity index (χ0n) is 18.2. The molecule has 0 spiro atoms. The number of carbonyl (C=O) groups is 2. The molecule has 2 fully saturated rings. The Morgan fingerprint density at radius 1 is 1.16 bits per heavy atom. The van der Waals surface area contributed by atoms with Crippen molar-refractivity contribution in [3.8, 4) is 0 Å². The predicted molar refractivity (Wildman–Crippen MR) is 116 cm³/mol. The van der Waals surface area contributed by atoms with Crippen LogP contribution in [0, 0.1) is 5.92 Å². The molecule has 1 aliphatic carbocycles. The molecule has 8 heteroatoms. The first-order chi connectivity index (χ1) is 15.0. The average Bonchev–Trinajstić information content (AvgIpc) is 3.17. The number of amides is 2. The number of rotatable bonds is 4. The Morgan fingerprint density at radius 2 is 2.00 bits per heavy atom. The number of nitrogens with zero attached hydrogens (tertiary/aromatic N) is 4. The molecule has 166 valence electrons. The van der Waals surface area contributed by atoms with E-state index < -0.39 is 0 Å². The minimum Gasteiger partial charge on any atom is -0.342 e. The number of hydrogen-bond donors (Lipinski definition) is 1. The van der Waals surface area contributed by atoms with E-state index in [1.54, 1.807) is 4.90 Å². The summed E-state index contributed by atoms with van der Waals surface area (Å²) in [5, 5.41) is 3.27. The fourth-order valence-electron chi connectivity index (χ4n) is 5.14. The summed E-state index contributed by atoms with van der Waals surface area (Å²) < 4.78 is 1.52. The van der Waals surface area contributed by atoms with E-state index >= 15 is 0 Å². The molecule has 4 heterocycles. The number of hydrogen-bond acceptors (Lipinski definition) is 4. The third-order valence-corrected chi connectivity index (χ3v) is 7.23. The van der Waals surface area contributed by atoms with Crippen molar-refractivity contribution >= 4 is 17.5 Å². The monoisotopic (exact) mass is 425 g/mol. The van der Waals surface area contributed by atoms with Gasteiger partial charge in [0.1, 0.15) is 0 Å². The van der Waals surface area contributed by atoms with Gasteiger partial charge in [0.25, 0.3) is 5.56 Å². The molecule has 2 amide bonds. The average molecular weight is 426 g/mol. The lowest BCUT2D eigenvalue weighted by Gasteiger charge is -2.37. The van der Waals surface area contributed by atoms with Crippen molar-refractivity contribution in [3.63, 3.8) is 0 Å². The Kier molecular flexibility index (Phi) is 5.32. The van der Waals surface area contributed by atoms with E-state index in [0.717, 1.165) is 56.5 Å². The summed E-state index contributed by atoms with van der Waals surface area (Å²) in [6.07, 6.45) is 7.11. The van der Waals surface area contributed by atoms with Crippen molar-refractivity contribution in [1.82, 2.24) is 24.4 Å². The van der Waals surface area contributed by atoms with E-state index in [-0.39, 0.29) is 23.3 Å². The van der Waals surface area contributed by atoms with Gasteiger partial charge in [0, 0.05) is 56.1 Å². The molecule has 1 atom stereocenters. The van der Waals surface area contributed by atoms with Gasteiger partial charge in [0.2, 0.25) is 11.8 Å². The summed E-state index contributed by atoms with van der Waals surface area (Å²) >= 11 is 0. The smallest absolute Gasteiger partial charge is 0.277 e. The van der Waals surface area contributed by atoms with Gasteiger partial charge in [-0.2, -0.15) is 0 Å². The Morgan fingerprint density at radius 3 is 2.74 bits per heavy atom. The van der Waals surface area contributed by atoms with Gasteiger partial charge in [-0.3, -0.25) is 19.5 Å². The van der Waals surface area contributed by atoms with Crippen LogP contribution < -0.4 is 5.56 Å². The maximum absolute atomic E-state index is 13.2. The van der Waals surface area contributed by atoms with E-state index in [4.69, 9.17) is 4.98 Å². The van der Waals surface area contributed by atoms with Crippen molar-refractivity contribution in [2.75, 3.05) is 19.6 Å². The van der Waals surface area contributed by atoms with Crippen LogP contribution in [-0.2, 0) is 22.6 Å². The summed E-state index contributed by atoms with van der Waals surface area (Å²) in [6.45, 7) is 4.48. The first-order valence-corrected chi connectivity index (χ1v) is 11.7. The zero-order valence-corrected chi connectivity index (χ0v) is 18.2. The molecular formula is C23H31N5O3. The lowest BCUT2D eigenvalue weighted by Crippen LogP contribution is -2.44. The number of fused-ring (bicyclic) bond motifs is 2. The topological polar surface area (TPSA) is 90.8 Å². The van der Waals surface area contributed by atoms with Gasteiger partial charge in [-0.25, -0.2) is 9.50 Å². The molecule has 31 heavy (non-hydrogen) atoms. The zero-order chi connectivity index (χ0) is 21.5. The minimum absolute atomic E-state index is 0.100. The standard InChI is InChI=1S/C23H31N5O3/c1-2-5-21(29)26-11-9-18-17(14-26)23(31)28-20(24-18)12-19(25-28)16-8-4-10-27(13-16)22(30)15-6-3-7-15/h12,15-16,25H,2-11,13-14H2,1H3. The minimum atomic E-state index is -0.113. The molecule has 1 saturated heterocycles. The second-order valence-corrected chi connectivity index (χ2v) is 9.31. The second-order valence-electron chi connectivity index (χ2n) is 9.31. The second kappa shape index (κ2) is 8.13. The SMILES string of the molecule is CCCC(=O)N1CCc2nc3cc(C4CCCN(C(=O)C5CCC5)C4)[nH]n3c(=O)c2C1. The first-order valence-electron chi connectivity index (χ1n) is 11.7. The van der Waals surface area contributed by atoms with Gasteiger partial charge >= 0.3 is 0 Å². The Bertz CT molecular complexity index is 1070. The van der Waals surface area contributed by atoms with E-state index in [1.807, 2.05) is 17.9 Å². The summed E-state index contributed by atoms with van der Waals surface area (Å²) in [5.74, 6) is 0.812.